The van der Waals surface area contributed by atoms with Gasteiger partial charge in [-0.2, -0.15) is 0 Å². The molecular formula is C14H30IN3O3. The quantitative estimate of drug-likeness (QED) is 0.257. The van der Waals surface area contributed by atoms with Crippen LogP contribution in [0.4, 0.5) is 0 Å². The molecule has 1 aliphatic heterocycles. The van der Waals surface area contributed by atoms with Crippen molar-refractivity contribution in [1.29, 1.82) is 0 Å². The van der Waals surface area contributed by atoms with Crippen molar-refractivity contribution in [1.82, 2.24) is 10.6 Å². The number of hydrogen-bond donors (Lipinski definition) is 2. The summed E-state index contributed by atoms with van der Waals surface area (Å²) in [5, 5.41) is 6.42. The Hall–Kier alpha value is -0.120. The molecule has 2 N–H and O–H groups in total. The number of ether oxygens (including phenoxy) is 3. The average Bonchev–Trinajstić information content (AvgIpc) is 2.50. The monoisotopic (exact) mass is 415 g/mol. The van der Waals surface area contributed by atoms with Crippen LogP contribution in [-0.4, -0.2) is 66.2 Å². The lowest BCUT2D eigenvalue weighted by Gasteiger charge is -2.21. The van der Waals surface area contributed by atoms with Crippen LogP contribution < -0.4 is 10.6 Å². The van der Waals surface area contributed by atoms with Crippen molar-refractivity contribution in [2.24, 2.45) is 10.9 Å². The number of hydrogen-bond acceptors (Lipinski definition) is 4. The van der Waals surface area contributed by atoms with Gasteiger partial charge >= 0.3 is 0 Å². The van der Waals surface area contributed by atoms with Gasteiger partial charge in [0.15, 0.2) is 5.96 Å². The van der Waals surface area contributed by atoms with Crippen LogP contribution >= 0.6 is 24.0 Å². The highest BCUT2D eigenvalue weighted by atomic mass is 127. The van der Waals surface area contributed by atoms with Crippen LogP contribution in [0.2, 0.25) is 0 Å². The second-order valence-electron chi connectivity index (χ2n) is 4.90. The molecule has 0 radical (unpaired) electrons. The Morgan fingerprint density at radius 2 is 1.90 bits per heavy atom. The largest absolute Gasteiger partial charge is 0.383 e. The summed E-state index contributed by atoms with van der Waals surface area (Å²) in [6.45, 7) is 5.73. The standard InChI is InChI=1S/C14H29N3O3.HI/c1-15-14(17-7-11-18-2)16-6-3-8-20-12-13-4-9-19-10-5-13;/h13H,3-12H2,1-2H3,(H2,15,16,17);1H. The fraction of sp³-hybridized carbons (Fsp3) is 0.929. The zero-order chi connectivity index (χ0) is 14.5. The van der Waals surface area contributed by atoms with Crippen molar-refractivity contribution >= 4 is 29.9 Å². The normalized spacial score (nSPS) is 16.4. The Kier molecular flexibility index (Phi) is 14.7. The summed E-state index contributed by atoms with van der Waals surface area (Å²) < 4.78 is 16.0. The van der Waals surface area contributed by atoms with Crippen molar-refractivity contribution < 1.29 is 14.2 Å². The Labute approximate surface area is 145 Å². The van der Waals surface area contributed by atoms with Gasteiger partial charge in [-0.05, 0) is 25.2 Å². The molecule has 1 saturated heterocycles. The first kappa shape index (κ1) is 20.9. The predicted molar refractivity (Wildman–Crippen MR) is 95.6 cm³/mol. The van der Waals surface area contributed by atoms with Gasteiger partial charge in [0, 0.05) is 53.7 Å². The minimum atomic E-state index is 0. The third kappa shape index (κ3) is 11.1. The van der Waals surface area contributed by atoms with Gasteiger partial charge in [-0.15, -0.1) is 24.0 Å². The van der Waals surface area contributed by atoms with E-state index < -0.39 is 0 Å². The summed E-state index contributed by atoms with van der Waals surface area (Å²) >= 11 is 0. The van der Waals surface area contributed by atoms with Crippen LogP contribution in [0.1, 0.15) is 19.3 Å². The number of aliphatic imine (C=N–C) groups is 1. The number of nitrogens with zero attached hydrogens (tertiary/aromatic N) is 1. The van der Waals surface area contributed by atoms with Crippen molar-refractivity contribution in [3.8, 4) is 0 Å². The van der Waals surface area contributed by atoms with Crippen LogP contribution in [0.3, 0.4) is 0 Å². The second kappa shape index (κ2) is 14.8. The minimum absolute atomic E-state index is 0. The molecule has 0 unspecified atom stereocenters. The lowest BCUT2D eigenvalue weighted by molar-refractivity contribution is 0.0203. The summed E-state index contributed by atoms with van der Waals surface area (Å²) in [5.74, 6) is 1.49. The van der Waals surface area contributed by atoms with Gasteiger partial charge in [0.05, 0.1) is 6.61 Å². The van der Waals surface area contributed by atoms with Crippen molar-refractivity contribution in [3.05, 3.63) is 0 Å². The van der Waals surface area contributed by atoms with E-state index in [1.807, 2.05) is 0 Å². The molecule has 0 aromatic carbocycles. The maximum absolute atomic E-state index is 5.71. The molecule has 0 aromatic rings. The highest BCUT2D eigenvalue weighted by Crippen LogP contribution is 2.14. The SMILES string of the molecule is CN=C(NCCCOCC1CCOCC1)NCCOC.I. The minimum Gasteiger partial charge on any atom is -0.383 e. The first-order valence-electron chi connectivity index (χ1n) is 7.45. The van der Waals surface area contributed by atoms with Crippen molar-refractivity contribution in [2.75, 3.05) is 60.3 Å². The molecule has 6 nitrogen and oxygen atoms in total. The van der Waals surface area contributed by atoms with Gasteiger partial charge in [-0.3, -0.25) is 4.99 Å². The van der Waals surface area contributed by atoms with E-state index in [0.717, 1.165) is 64.7 Å². The van der Waals surface area contributed by atoms with Crippen LogP contribution in [0.15, 0.2) is 4.99 Å². The van der Waals surface area contributed by atoms with E-state index in [-0.39, 0.29) is 24.0 Å². The van der Waals surface area contributed by atoms with Gasteiger partial charge in [0.1, 0.15) is 0 Å². The Balaban J connectivity index is 0.00000400. The summed E-state index contributed by atoms with van der Waals surface area (Å²) in [6, 6.07) is 0. The van der Waals surface area contributed by atoms with Gasteiger partial charge in [0.2, 0.25) is 0 Å². The maximum Gasteiger partial charge on any atom is 0.191 e. The third-order valence-electron chi connectivity index (χ3n) is 3.27. The van der Waals surface area contributed by atoms with Crippen LogP contribution in [-0.2, 0) is 14.2 Å². The summed E-state index contributed by atoms with van der Waals surface area (Å²) in [6.07, 6.45) is 3.25. The highest BCUT2D eigenvalue weighted by molar-refractivity contribution is 14.0. The topological polar surface area (TPSA) is 64.1 Å². The fourth-order valence-corrected chi connectivity index (χ4v) is 2.04. The van der Waals surface area contributed by atoms with E-state index in [1.54, 1.807) is 14.2 Å². The molecule has 0 aliphatic carbocycles. The van der Waals surface area contributed by atoms with Crippen LogP contribution in [0.5, 0.6) is 0 Å². The molecule has 0 saturated carbocycles. The van der Waals surface area contributed by atoms with E-state index >= 15 is 0 Å². The van der Waals surface area contributed by atoms with Gasteiger partial charge < -0.3 is 24.8 Å². The summed E-state index contributed by atoms with van der Waals surface area (Å²) in [7, 11) is 3.46. The molecule has 21 heavy (non-hydrogen) atoms. The molecule has 0 aromatic heterocycles. The smallest absolute Gasteiger partial charge is 0.191 e. The molecule has 0 atom stereocenters. The zero-order valence-corrected chi connectivity index (χ0v) is 15.6. The van der Waals surface area contributed by atoms with Gasteiger partial charge in [0.25, 0.3) is 0 Å². The molecule has 1 heterocycles. The molecule has 126 valence electrons. The van der Waals surface area contributed by atoms with Crippen molar-refractivity contribution in [2.45, 2.75) is 19.3 Å². The molecule has 1 aliphatic rings. The van der Waals surface area contributed by atoms with E-state index in [1.165, 1.54) is 0 Å². The van der Waals surface area contributed by atoms with Gasteiger partial charge in [-0.1, -0.05) is 0 Å². The van der Waals surface area contributed by atoms with E-state index in [4.69, 9.17) is 14.2 Å². The van der Waals surface area contributed by atoms with E-state index in [2.05, 4.69) is 15.6 Å². The lowest BCUT2D eigenvalue weighted by atomic mass is 10.0. The Morgan fingerprint density at radius 3 is 2.57 bits per heavy atom. The number of halogens is 1. The third-order valence-corrected chi connectivity index (χ3v) is 3.27. The zero-order valence-electron chi connectivity index (χ0n) is 13.2. The highest BCUT2D eigenvalue weighted by Gasteiger charge is 2.13. The second-order valence-corrected chi connectivity index (χ2v) is 4.90. The molecule has 1 fully saturated rings. The predicted octanol–water partition coefficient (Wildman–Crippen LogP) is 1.25. The Morgan fingerprint density at radius 1 is 1.19 bits per heavy atom. The summed E-state index contributed by atoms with van der Waals surface area (Å²) in [5.41, 5.74) is 0. The van der Waals surface area contributed by atoms with Gasteiger partial charge in [-0.25, -0.2) is 0 Å². The number of nitrogens with one attached hydrogen (secondary N) is 2. The van der Waals surface area contributed by atoms with Crippen LogP contribution in [0, 0.1) is 5.92 Å². The number of rotatable bonds is 9. The molecule has 0 amide bonds. The first-order chi connectivity index (χ1) is 9.86. The number of methoxy groups -OCH3 is 1. The fourth-order valence-electron chi connectivity index (χ4n) is 2.04. The molecular weight excluding hydrogens is 385 g/mol. The lowest BCUT2D eigenvalue weighted by Crippen LogP contribution is -2.39. The summed E-state index contributed by atoms with van der Waals surface area (Å²) in [4.78, 5) is 4.14. The maximum atomic E-state index is 5.71. The van der Waals surface area contributed by atoms with Crippen molar-refractivity contribution in [3.63, 3.8) is 0 Å². The molecule has 0 spiro atoms. The first-order valence-corrected chi connectivity index (χ1v) is 7.45. The Bertz CT molecular complexity index is 262. The molecule has 1 rings (SSSR count). The molecule has 7 heteroatoms. The average molecular weight is 415 g/mol. The molecule has 0 bridgehead atoms. The number of guanidine groups is 1. The van der Waals surface area contributed by atoms with E-state index in [9.17, 15) is 0 Å². The van der Waals surface area contributed by atoms with E-state index in [0.29, 0.717) is 12.5 Å². The van der Waals surface area contributed by atoms with Crippen LogP contribution in [0.25, 0.3) is 0 Å².